The van der Waals surface area contributed by atoms with Gasteiger partial charge in [0.25, 0.3) is 0 Å². The van der Waals surface area contributed by atoms with E-state index in [0.717, 1.165) is 31.6 Å². The smallest absolute Gasteiger partial charge is 0.203 e. The van der Waals surface area contributed by atoms with Crippen LogP contribution in [0.25, 0.3) is 0 Å². The Morgan fingerprint density at radius 1 is 1.64 bits per heavy atom. The zero-order chi connectivity index (χ0) is 10.1. The van der Waals surface area contributed by atoms with Gasteiger partial charge in [0.05, 0.1) is 5.69 Å². The summed E-state index contributed by atoms with van der Waals surface area (Å²) in [6.07, 6.45) is 3.41. The maximum absolute atomic E-state index is 6.05. The van der Waals surface area contributed by atoms with Crippen LogP contribution in [0.5, 0.6) is 0 Å². The molecule has 0 spiro atoms. The Balaban J connectivity index is 2.21. The van der Waals surface area contributed by atoms with Gasteiger partial charge < -0.3 is 10.3 Å². The Kier molecular flexibility index (Phi) is 2.79. The molecular weight excluding hydrogens is 198 g/mol. The first-order valence-corrected chi connectivity index (χ1v) is 5.51. The maximum atomic E-state index is 6.05. The molecule has 2 rings (SSSR count). The highest BCUT2D eigenvalue weighted by atomic mass is 35.5. The van der Waals surface area contributed by atoms with Gasteiger partial charge in [0.1, 0.15) is 0 Å². The molecular formula is C10H16ClN3. The average Bonchev–Trinajstić information content (AvgIpc) is 2.43. The van der Waals surface area contributed by atoms with Gasteiger partial charge in [0.15, 0.2) is 0 Å². The number of aryl methyl sites for hydroxylation is 1. The quantitative estimate of drug-likeness (QED) is 0.814. The number of rotatable bonds is 2. The summed E-state index contributed by atoms with van der Waals surface area (Å²) in [7, 11) is 0. The SMILES string of the molecule is Cc1nc(Cl)n2c1CCC(CCN)C2. The van der Waals surface area contributed by atoms with Crippen molar-refractivity contribution >= 4 is 11.6 Å². The van der Waals surface area contributed by atoms with Crippen LogP contribution in [0.15, 0.2) is 0 Å². The predicted molar refractivity (Wildman–Crippen MR) is 57.5 cm³/mol. The van der Waals surface area contributed by atoms with Crippen LogP contribution >= 0.6 is 11.6 Å². The molecule has 4 heteroatoms. The maximum Gasteiger partial charge on any atom is 0.203 e. The van der Waals surface area contributed by atoms with E-state index < -0.39 is 0 Å². The van der Waals surface area contributed by atoms with E-state index in [-0.39, 0.29) is 0 Å². The van der Waals surface area contributed by atoms with Gasteiger partial charge in [-0.1, -0.05) is 0 Å². The molecule has 14 heavy (non-hydrogen) atoms. The lowest BCUT2D eigenvalue weighted by molar-refractivity contribution is 0.352. The largest absolute Gasteiger partial charge is 0.330 e. The fourth-order valence-electron chi connectivity index (χ4n) is 2.23. The minimum Gasteiger partial charge on any atom is -0.330 e. The first-order valence-electron chi connectivity index (χ1n) is 5.14. The van der Waals surface area contributed by atoms with Crippen molar-refractivity contribution in [3.63, 3.8) is 0 Å². The van der Waals surface area contributed by atoms with Crippen molar-refractivity contribution in [3.8, 4) is 0 Å². The number of aromatic nitrogens is 2. The van der Waals surface area contributed by atoms with Gasteiger partial charge in [-0.15, -0.1) is 0 Å². The van der Waals surface area contributed by atoms with Crippen molar-refractivity contribution in [1.29, 1.82) is 0 Å². The number of nitrogens with two attached hydrogens (primary N) is 1. The second-order valence-electron chi connectivity index (χ2n) is 4.01. The lowest BCUT2D eigenvalue weighted by Crippen LogP contribution is -2.22. The van der Waals surface area contributed by atoms with Gasteiger partial charge in [0.2, 0.25) is 5.28 Å². The zero-order valence-electron chi connectivity index (χ0n) is 8.46. The second kappa shape index (κ2) is 3.91. The molecule has 3 nitrogen and oxygen atoms in total. The van der Waals surface area contributed by atoms with Crippen LogP contribution in [-0.2, 0) is 13.0 Å². The predicted octanol–water partition coefficient (Wildman–Crippen LogP) is 1.76. The monoisotopic (exact) mass is 213 g/mol. The third-order valence-corrected chi connectivity index (χ3v) is 3.32. The van der Waals surface area contributed by atoms with Gasteiger partial charge in [0, 0.05) is 12.2 Å². The summed E-state index contributed by atoms with van der Waals surface area (Å²) < 4.78 is 2.14. The molecule has 1 aliphatic rings. The van der Waals surface area contributed by atoms with E-state index in [1.54, 1.807) is 0 Å². The third kappa shape index (κ3) is 1.66. The Morgan fingerprint density at radius 2 is 2.43 bits per heavy atom. The summed E-state index contributed by atoms with van der Waals surface area (Å²) in [5.74, 6) is 0.679. The van der Waals surface area contributed by atoms with Crippen molar-refractivity contribution in [2.45, 2.75) is 32.7 Å². The lowest BCUT2D eigenvalue weighted by Gasteiger charge is -2.24. The minimum absolute atomic E-state index is 0.638. The summed E-state index contributed by atoms with van der Waals surface area (Å²) in [5.41, 5.74) is 7.96. The molecule has 0 aliphatic carbocycles. The van der Waals surface area contributed by atoms with Crippen molar-refractivity contribution in [3.05, 3.63) is 16.7 Å². The van der Waals surface area contributed by atoms with Crippen molar-refractivity contribution in [2.24, 2.45) is 11.7 Å². The van der Waals surface area contributed by atoms with Gasteiger partial charge >= 0.3 is 0 Å². The van der Waals surface area contributed by atoms with E-state index in [2.05, 4.69) is 9.55 Å². The summed E-state index contributed by atoms with van der Waals surface area (Å²) in [4.78, 5) is 4.28. The Hall–Kier alpha value is -0.540. The number of hydrogen-bond donors (Lipinski definition) is 1. The molecule has 1 aromatic rings. The molecule has 1 atom stereocenters. The van der Waals surface area contributed by atoms with Crippen LogP contribution in [0.2, 0.25) is 5.28 Å². The lowest BCUT2D eigenvalue weighted by atomic mass is 9.94. The van der Waals surface area contributed by atoms with Crippen LogP contribution in [0, 0.1) is 12.8 Å². The molecule has 0 saturated carbocycles. The van der Waals surface area contributed by atoms with Crippen molar-refractivity contribution in [1.82, 2.24) is 9.55 Å². The van der Waals surface area contributed by atoms with Crippen LogP contribution in [0.1, 0.15) is 24.2 Å². The van der Waals surface area contributed by atoms with E-state index in [1.165, 1.54) is 12.1 Å². The van der Waals surface area contributed by atoms with E-state index >= 15 is 0 Å². The number of hydrogen-bond acceptors (Lipinski definition) is 2. The molecule has 0 bridgehead atoms. The number of nitrogens with zero attached hydrogens (tertiary/aromatic N) is 2. The number of fused-ring (bicyclic) bond motifs is 1. The molecule has 0 saturated heterocycles. The molecule has 0 radical (unpaired) electrons. The zero-order valence-corrected chi connectivity index (χ0v) is 9.22. The Labute approximate surface area is 89.3 Å². The van der Waals surface area contributed by atoms with E-state index in [9.17, 15) is 0 Å². The summed E-state index contributed by atoms with van der Waals surface area (Å²) in [6, 6.07) is 0. The molecule has 0 amide bonds. The van der Waals surface area contributed by atoms with Gasteiger partial charge in [-0.3, -0.25) is 0 Å². The highest BCUT2D eigenvalue weighted by Gasteiger charge is 2.22. The topological polar surface area (TPSA) is 43.8 Å². The van der Waals surface area contributed by atoms with Crippen LogP contribution in [0.4, 0.5) is 0 Å². The Bertz CT molecular complexity index is 332. The van der Waals surface area contributed by atoms with E-state index in [4.69, 9.17) is 17.3 Å². The van der Waals surface area contributed by atoms with Gasteiger partial charge in [-0.2, -0.15) is 0 Å². The first-order chi connectivity index (χ1) is 6.72. The summed E-state index contributed by atoms with van der Waals surface area (Å²) in [6.45, 7) is 3.79. The Morgan fingerprint density at radius 3 is 3.14 bits per heavy atom. The molecule has 1 aromatic heterocycles. The minimum atomic E-state index is 0.638. The molecule has 78 valence electrons. The van der Waals surface area contributed by atoms with Crippen LogP contribution in [-0.4, -0.2) is 16.1 Å². The fraction of sp³-hybridized carbons (Fsp3) is 0.700. The van der Waals surface area contributed by atoms with Crippen molar-refractivity contribution < 1.29 is 0 Å². The molecule has 0 fully saturated rings. The van der Waals surface area contributed by atoms with Crippen LogP contribution < -0.4 is 5.73 Å². The average molecular weight is 214 g/mol. The van der Waals surface area contributed by atoms with E-state index in [0.29, 0.717) is 11.2 Å². The highest BCUT2D eigenvalue weighted by Crippen LogP contribution is 2.27. The molecule has 0 aromatic carbocycles. The van der Waals surface area contributed by atoms with Gasteiger partial charge in [-0.25, -0.2) is 4.98 Å². The van der Waals surface area contributed by atoms with Gasteiger partial charge in [-0.05, 0) is 50.2 Å². The normalized spacial score (nSPS) is 20.9. The molecule has 1 unspecified atom stereocenters. The summed E-state index contributed by atoms with van der Waals surface area (Å²) >= 11 is 6.05. The molecule has 2 heterocycles. The number of imidazole rings is 1. The summed E-state index contributed by atoms with van der Waals surface area (Å²) in [5, 5.41) is 0.638. The fourth-order valence-corrected chi connectivity index (χ4v) is 2.53. The molecule has 1 aliphatic heterocycles. The number of halogens is 1. The second-order valence-corrected chi connectivity index (χ2v) is 4.34. The highest BCUT2D eigenvalue weighted by molar-refractivity contribution is 6.28. The van der Waals surface area contributed by atoms with Crippen molar-refractivity contribution in [2.75, 3.05) is 6.54 Å². The standard InChI is InChI=1S/C10H16ClN3/c1-7-9-3-2-8(4-5-12)6-14(9)10(11)13-7/h8H,2-6,12H2,1H3. The van der Waals surface area contributed by atoms with Crippen LogP contribution in [0.3, 0.4) is 0 Å². The van der Waals surface area contributed by atoms with E-state index in [1.807, 2.05) is 6.92 Å². The third-order valence-electron chi connectivity index (χ3n) is 3.03. The molecule has 2 N–H and O–H groups in total. The first kappa shape index (κ1) is 9.99.